The van der Waals surface area contributed by atoms with Gasteiger partial charge in [-0.3, -0.25) is 0 Å². The van der Waals surface area contributed by atoms with E-state index in [1.54, 1.807) is 6.07 Å². The van der Waals surface area contributed by atoms with Crippen molar-refractivity contribution in [3.8, 4) is 5.75 Å². The van der Waals surface area contributed by atoms with Crippen LogP contribution in [0.2, 0.25) is 0 Å². The zero-order valence-corrected chi connectivity index (χ0v) is 10.3. The van der Waals surface area contributed by atoms with Crippen LogP contribution in [0, 0.1) is 6.92 Å². The number of benzene rings is 1. The first-order valence-corrected chi connectivity index (χ1v) is 6.22. The highest BCUT2D eigenvalue weighted by Crippen LogP contribution is 2.34. The summed E-state index contributed by atoms with van der Waals surface area (Å²) >= 11 is 0. The highest BCUT2D eigenvalue weighted by Gasteiger charge is 2.19. The molecule has 1 aromatic heterocycles. The zero-order valence-electron chi connectivity index (χ0n) is 10.3. The van der Waals surface area contributed by atoms with Crippen LogP contribution in [0.4, 0.5) is 0 Å². The predicted octanol–water partition coefficient (Wildman–Crippen LogP) is 2.26. The van der Waals surface area contributed by atoms with Gasteiger partial charge in [0.1, 0.15) is 5.75 Å². The van der Waals surface area contributed by atoms with Crippen molar-refractivity contribution in [3.05, 3.63) is 29.0 Å². The van der Waals surface area contributed by atoms with E-state index in [0.29, 0.717) is 11.8 Å². The summed E-state index contributed by atoms with van der Waals surface area (Å²) in [5.74, 6) is 0.401. The third-order valence-electron chi connectivity index (χ3n) is 3.71. The Kier molecular flexibility index (Phi) is 2.37. The second kappa shape index (κ2) is 3.77. The molecule has 3 N–H and O–H groups in total. The monoisotopic (exact) mass is 230 g/mol. The Morgan fingerprint density at radius 1 is 1.35 bits per heavy atom. The summed E-state index contributed by atoms with van der Waals surface area (Å²) in [6.07, 6.45) is 1.99. The van der Waals surface area contributed by atoms with E-state index in [0.717, 1.165) is 30.3 Å². The van der Waals surface area contributed by atoms with Crippen molar-refractivity contribution in [2.75, 3.05) is 6.54 Å². The average molecular weight is 230 g/mol. The normalized spacial score (nSPS) is 20.2. The van der Waals surface area contributed by atoms with Gasteiger partial charge in [-0.25, -0.2) is 0 Å². The van der Waals surface area contributed by atoms with Crippen molar-refractivity contribution in [2.24, 2.45) is 0 Å². The number of phenolic OH excluding ortho intramolecular Hbond substituents is 1. The van der Waals surface area contributed by atoms with Gasteiger partial charge in [-0.2, -0.15) is 0 Å². The molecular formula is C14H18N2O. The minimum atomic E-state index is 0.401. The molecule has 0 radical (unpaired) electrons. The molecule has 0 fully saturated rings. The number of hydrogen-bond acceptors (Lipinski definition) is 2. The van der Waals surface area contributed by atoms with Gasteiger partial charge in [0, 0.05) is 23.5 Å². The number of rotatable bonds is 0. The van der Waals surface area contributed by atoms with E-state index in [9.17, 15) is 5.11 Å². The third-order valence-corrected chi connectivity index (χ3v) is 3.71. The van der Waals surface area contributed by atoms with Crippen molar-refractivity contribution in [2.45, 2.75) is 32.7 Å². The van der Waals surface area contributed by atoms with Crippen LogP contribution in [-0.2, 0) is 12.8 Å². The number of nitrogens with one attached hydrogen (secondary N) is 2. The molecule has 0 aliphatic carbocycles. The molecule has 0 spiro atoms. The summed E-state index contributed by atoms with van der Waals surface area (Å²) < 4.78 is 0. The maximum Gasteiger partial charge on any atom is 0.125 e. The molecular weight excluding hydrogens is 212 g/mol. The molecule has 3 nitrogen and oxygen atoms in total. The maximum absolute atomic E-state index is 10.1. The Morgan fingerprint density at radius 2 is 2.18 bits per heavy atom. The molecule has 1 aliphatic heterocycles. The summed E-state index contributed by atoms with van der Waals surface area (Å²) in [5, 5.41) is 14.6. The van der Waals surface area contributed by atoms with Crippen molar-refractivity contribution >= 4 is 10.9 Å². The van der Waals surface area contributed by atoms with Gasteiger partial charge in [-0.15, -0.1) is 0 Å². The average Bonchev–Trinajstić information content (AvgIpc) is 2.55. The standard InChI is InChI=1S/C14H18N2O/c1-8-3-4-12(17)13-10-5-6-15-9(2)7-11(10)16-14(8)13/h3-4,9,15-17H,5-7H2,1-2H3. The molecule has 1 aromatic carbocycles. The largest absolute Gasteiger partial charge is 0.507 e. The minimum absolute atomic E-state index is 0.401. The molecule has 0 saturated carbocycles. The zero-order chi connectivity index (χ0) is 12.0. The first-order chi connectivity index (χ1) is 8.16. The summed E-state index contributed by atoms with van der Waals surface area (Å²) in [6.45, 7) is 5.26. The number of aromatic hydroxyl groups is 1. The van der Waals surface area contributed by atoms with E-state index in [1.807, 2.05) is 6.07 Å². The van der Waals surface area contributed by atoms with Crippen LogP contribution in [0.25, 0.3) is 10.9 Å². The molecule has 2 aromatic rings. The van der Waals surface area contributed by atoms with Crippen LogP contribution in [-0.4, -0.2) is 22.7 Å². The van der Waals surface area contributed by atoms with E-state index >= 15 is 0 Å². The van der Waals surface area contributed by atoms with E-state index < -0.39 is 0 Å². The number of aromatic nitrogens is 1. The molecule has 1 atom stereocenters. The molecule has 2 heterocycles. The molecule has 3 heteroatoms. The smallest absolute Gasteiger partial charge is 0.125 e. The fraction of sp³-hybridized carbons (Fsp3) is 0.429. The maximum atomic E-state index is 10.1. The van der Waals surface area contributed by atoms with E-state index in [1.165, 1.54) is 16.8 Å². The lowest BCUT2D eigenvalue weighted by Crippen LogP contribution is -2.27. The Labute approximate surface area is 101 Å². The van der Waals surface area contributed by atoms with Crippen molar-refractivity contribution in [3.63, 3.8) is 0 Å². The van der Waals surface area contributed by atoms with Gasteiger partial charge < -0.3 is 15.4 Å². The van der Waals surface area contributed by atoms with Crippen molar-refractivity contribution in [1.29, 1.82) is 0 Å². The molecule has 90 valence electrons. The lowest BCUT2D eigenvalue weighted by atomic mass is 10.0. The summed E-state index contributed by atoms with van der Waals surface area (Å²) in [6, 6.07) is 4.26. The number of hydrogen-bond donors (Lipinski definition) is 3. The van der Waals surface area contributed by atoms with Crippen LogP contribution in [0.5, 0.6) is 5.75 Å². The van der Waals surface area contributed by atoms with Gasteiger partial charge in [0.15, 0.2) is 0 Å². The van der Waals surface area contributed by atoms with E-state index in [-0.39, 0.29) is 0 Å². The second-order valence-electron chi connectivity index (χ2n) is 5.04. The molecule has 1 unspecified atom stereocenters. The van der Waals surface area contributed by atoms with Gasteiger partial charge in [0.25, 0.3) is 0 Å². The summed E-state index contributed by atoms with van der Waals surface area (Å²) in [7, 11) is 0. The Morgan fingerprint density at radius 3 is 3.00 bits per heavy atom. The summed E-state index contributed by atoms with van der Waals surface area (Å²) in [5.41, 5.74) is 4.87. The Bertz CT molecular complexity index is 571. The highest BCUT2D eigenvalue weighted by atomic mass is 16.3. The molecule has 0 bridgehead atoms. The Hall–Kier alpha value is -1.48. The molecule has 17 heavy (non-hydrogen) atoms. The van der Waals surface area contributed by atoms with Crippen molar-refractivity contribution < 1.29 is 5.11 Å². The van der Waals surface area contributed by atoms with Gasteiger partial charge in [-0.05, 0) is 44.0 Å². The van der Waals surface area contributed by atoms with Crippen LogP contribution in [0.3, 0.4) is 0 Å². The van der Waals surface area contributed by atoms with Gasteiger partial charge in [0.2, 0.25) is 0 Å². The van der Waals surface area contributed by atoms with Crippen LogP contribution >= 0.6 is 0 Å². The predicted molar refractivity (Wildman–Crippen MR) is 69.6 cm³/mol. The minimum Gasteiger partial charge on any atom is -0.507 e. The second-order valence-corrected chi connectivity index (χ2v) is 5.04. The fourth-order valence-electron chi connectivity index (χ4n) is 2.81. The van der Waals surface area contributed by atoms with Crippen LogP contribution in [0.15, 0.2) is 12.1 Å². The first-order valence-electron chi connectivity index (χ1n) is 6.22. The molecule has 1 aliphatic rings. The van der Waals surface area contributed by atoms with Gasteiger partial charge in [-0.1, -0.05) is 6.07 Å². The highest BCUT2D eigenvalue weighted by molar-refractivity contribution is 5.92. The number of H-pyrrole nitrogens is 1. The lowest BCUT2D eigenvalue weighted by Gasteiger charge is -2.08. The van der Waals surface area contributed by atoms with Gasteiger partial charge in [0.05, 0.1) is 5.52 Å². The number of aromatic amines is 1. The van der Waals surface area contributed by atoms with Crippen LogP contribution < -0.4 is 5.32 Å². The SMILES string of the molecule is Cc1ccc(O)c2c3c([nH]c12)CC(C)NCC3. The molecule has 0 amide bonds. The number of fused-ring (bicyclic) bond motifs is 3. The fourth-order valence-corrected chi connectivity index (χ4v) is 2.81. The first kappa shape index (κ1) is 10.7. The van der Waals surface area contributed by atoms with Crippen molar-refractivity contribution in [1.82, 2.24) is 10.3 Å². The molecule has 0 saturated heterocycles. The van der Waals surface area contributed by atoms with Gasteiger partial charge >= 0.3 is 0 Å². The molecule has 3 rings (SSSR count). The van der Waals surface area contributed by atoms with E-state index in [4.69, 9.17) is 0 Å². The lowest BCUT2D eigenvalue weighted by molar-refractivity contribution is 0.481. The van der Waals surface area contributed by atoms with E-state index in [2.05, 4.69) is 24.1 Å². The van der Waals surface area contributed by atoms with Crippen LogP contribution in [0.1, 0.15) is 23.7 Å². The summed E-state index contributed by atoms with van der Waals surface area (Å²) in [4.78, 5) is 3.50. The quantitative estimate of drug-likeness (QED) is 0.650. The topological polar surface area (TPSA) is 48.0 Å². The third kappa shape index (κ3) is 1.62. The Balaban J connectivity index is 2.28. The number of phenols is 1. The number of aryl methyl sites for hydroxylation is 1.